The van der Waals surface area contributed by atoms with Crippen molar-refractivity contribution in [3.8, 4) is 5.75 Å². The molecule has 4 rings (SSSR count). The minimum atomic E-state index is -5.08. The molecule has 3 aromatic heterocycles. The van der Waals surface area contributed by atoms with Gasteiger partial charge in [0.25, 0.3) is 0 Å². The molecule has 0 bridgehead atoms. The number of hydrogen-bond acceptors (Lipinski definition) is 7. The van der Waals surface area contributed by atoms with Crippen molar-refractivity contribution in [1.82, 2.24) is 25.1 Å². The summed E-state index contributed by atoms with van der Waals surface area (Å²) < 4.78 is 69.2. The van der Waals surface area contributed by atoms with Gasteiger partial charge in [-0.15, -0.1) is 0 Å². The maximum Gasteiger partial charge on any atom is 0.490 e. The van der Waals surface area contributed by atoms with Gasteiger partial charge in [0, 0.05) is 37.6 Å². The number of ether oxygens (including phenoxy) is 1. The SMILES string of the molecule is O=C(O)C(F)(F)F.O=C(O)C(F)(F)F.c1ccc(CN2Cc3[nH]nc(COc4cccnc4)c3C2)nc1. The number of aromatic nitrogens is 4. The Morgan fingerprint density at radius 2 is 1.62 bits per heavy atom. The lowest BCUT2D eigenvalue weighted by molar-refractivity contribution is -0.193. The van der Waals surface area contributed by atoms with E-state index in [1.165, 1.54) is 11.3 Å². The predicted molar refractivity (Wildman–Crippen MR) is 112 cm³/mol. The van der Waals surface area contributed by atoms with Gasteiger partial charge in [0.15, 0.2) is 0 Å². The lowest BCUT2D eigenvalue weighted by Gasteiger charge is -2.14. The first kappa shape index (κ1) is 29.0. The molecule has 200 valence electrons. The van der Waals surface area contributed by atoms with Crippen LogP contribution in [0, 0.1) is 0 Å². The van der Waals surface area contributed by atoms with Gasteiger partial charge in [0.1, 0.15) is 18.1 Å². The number of carbonyl (C=O) groups is 2. The van der Waals surface area contributed by atoms with E-state index in [0.717, 1.165) is 36.8 Å². The number of pyridine rings is 2. The second kappa shape index (κ2) is 12.7. The Balaban J connectivity index is 0.000000286. The molecule has 37 heavy (non-hydrogen) atoms. The molecular weight excluding hydrogens is 516 g/mol. The maximum absolute atomic E-state index is 10.6. The number of halogens is 6. The molecule has 0 saturated heterocycles. The Kier molecular flexibility index (Phi) is 9.93. The fraction of sp³-hybridized carbons (Fsp3) is 0.286. The first-order chi connectivity index (χ1) is 17.3. The Morgan fingerprint density at radius 1 is 0.973 bits per heavy atom. The van der Waals surface area contributed by atoms with Gasteiger partial charge in [-0.1, -0.05) is 6.07 Å². The third kappa shape index (κ3) is 9.75. The lowest BCUT2D eigenvalue weighted by Crippen LogP contribution is -2.21. The zero-order valence-electron chi connectivity index (χ0n) is 18.6. The van der Waals surface area contributed by atoms with Crippen LogP contribution < -0.4 is 4.74 Å². The maximum atomic E-state index is 10.6. The minimum Gasteiger partial charge on any atom is -0.486 e. The van der Waals surface area contributed by atoms with Gasteiger partial charge >= 0.3 is 24.3 Å². The minimum absolute atomic E-state index is 0.453. The van der Waals surface area contributed by atoms with Gasteiger partial charge in [-0.2, -0.15) is 31.4 Å². The predicted octanol–water partition coefficient (Wildman–Crippen LogP) is 3.56. The monoisotopic (exact) mass is 535 g/mol. The van der Waals surface area contributed by atoms with E-state index in [2.05, 4.69) is 31.1 Å². The average molecular weight is 535 g/mol. The van der Waals surface area contributed by atoms with Crippen molar-refractivity contribution in [2.24, 2.45) is 0 Å². The van der Waals surface area contributed by atoms with Crippen LogP contribution in [0.4, 0.5) is 26.3 Å². The molecule has 0 saturated carbocycles. The van der Waals surface area contributed by atoms with Gasteiger partial charge in [0.05, 0.1) is 17.6 Å². The second-order valence-corrected chi connectivity index (χ2v) is 7.18. The molecule has 0 unspecified atom stereocenters. The van der Waals surface area contributed by atoms with Crippen molar-refractivity contribution in [2.45, 2.75) is 38.6 Å². The molecule has 0 radical (unpaired) electrons. The zero-order chi connectivity index (χ0) is 27.6. The fourth-order valence-electron chi connectivity index (χ4n) is 2.80. The van der Waals surface area contributed by atoms with Crippen LogP contribution in [0.5, 0.6) is 5.75 Å². The molecule has 0 aliphatic carbocycles. The van der Waals surface area contributed by atoms with E-state index in [-0.39, 0.29) is 0 Å². The number of hydrogen-bond donors (Lipinski definition) is 3. The average Bonchev–Trinajstić information content (AvgIpc) is 3.39. The molecule has 16 heteroatoms. The largest absolute Gasteiger partial charge is 0.490 e. The molecule has 3 N–H and O–H groups in total. The molecule has 0 aromatic carbocycles. The zero-order valence-corrected chi connectivity index (χ0v) is 18.6. The van der Waals surface area contributed by atoms with Crippen LogP contribution in [0.25, 0.3) is 0 Å². The summed E-state index contributed by atoms with van der Waals surface area (Å²) in [7, 11) is 0. The molecule has 0 spiro atoms. The lowest BCUT2D eigenvalue weighted by atomic mass is 10.2. The van der Waals surface area contributed by atoms with E-state index in [0.29, 0.717) is 6.61 Å². The highest BCUT2D eigenvalue weighted by Crippen LogP contribution is 2.25. The molecule has 3 aromatic rings. The third-order valence-electron chi connectivity index (χ3n) is 4.41. The number of fused-ring (bicyclic) bond motifs is 1. The third-order valence-corrected chi connectivity index (χ3v) is 4.41. The Morgan fingerprint density at radius 3 is 2.14 bits per heavy atom. The molecule has 10 nitrogen and oxygen atoms in total. The van der Waals surface area contributed by atoms with E-state index < -0.39 is 24.3 Å². The van der Waals surface area contributed by atoms with Crippen molar-refractivity contribution in [1.29, 1.82) is 0 Å². The highest BCUT2D eigenvalue weighted by Gasteiger charge is 2.38. The number of rotatable bonds is 5. The number of carboxylic acid groups (broad SMARTS) is 2. The first-order valence-electron chi connectivity index (χ1n) is 10.1. The van der Waals surface area contributed by atoms with Crippen LogP contribution in [-0.4, -0.2) is 59.6 Å². The highest BCUT2D eigenvalue weighted by atomic mass is 19.4. The number of aliphatic carboxylic acids is 2. The first-order valence-corrected chi connectivity index (χ1v) is 10.1. The quantitative estimate of drug-likeness (QED) is 0.418. The summed E-state index contributed by atoms with van der Waals surface area (Å²) in [6.45, 7) is 3.03. The van der Waals surface area contributed by atoms with Gasteiger partial charge in [0.2, 0.25) is 0 Å². The summed E-state index contributed by atoms with van der Waals surface area (Å²) in [5, 5.41) is 21.8. The van der Waals surface area contributed by atoms with Crippen LogP contribution >= 0.6 is 0 Å². The molecule has 1 aliphatic rings. The van der Waals surface area contributed by atoms with Crippen LogP contribution in [0.2, 0.25) is 0 Å². The summed E-state index contributed by atoms with van der Waals surface area (Å²) in [6.07, 6.45) is -4.89. The van der Waals surface area contributed by atoms with Crippen LogP contribution in [0.1, 0.15) is 22.6 Å². The summed E-state index contributed by atoms with van der Waals surface area (Å²) in [4.78, 5) is 28.6. The number of nitrogens with zero attached hydrogens (tertiary/aromatic N) is 4. The standard InChI is InChI=1S/C17H17N5O.2C2HF3O2/c1-2-7-19-13(4-1)9-22-10-15-16(11-22)20-21-17(15)12-23-14-5-3-6-18-8-14;2*3-2(4,5)1(6)7/h1-8H,9-12H2,(H,20,21);2*(H,6,7). The summed E-state index contributed by atoms with van der Waals surface area (Å²) in [5.41, 5.74) is 4.46. The van der Waals surface area contributed by atoms with Crippen molar-refractivity contribution >= 4 is 11.9 Å². The summed E-state index contributed by atoms with van der Waals surface area (Å²) in [5.74, 6) is -4.76. The van der Waals surface area contributed by atoms with Gasteiger partial charge in [-0.05, 0) is 24.3 Å². The van der Waals surface area contributed by atoms with E-state index in [9.17, 15) is 26.3 Å². The normalized spacial score (nSPS) is 12.9. The number of H-pyrrole nitrogens is 1. The van der Waals surface area contributed by atoms with Crippen molar-refractivity contribution in [3.63, 3.8) is 0 Å². The van der Waals surface area contributed by atoms with Gasteiger partial charge in [-0.25, -0.2) is 9.59 Å². The topological polar surface area (TPSA) is 142 Å². The number of carboxylic acids is 2. The van der Waals surface area contributed by atoms with E-state index in [1.54, 1.807) is 12.4 Å². The fourth-order valence-corrected chi connectivity index (χ4v) is 2.80. The van der Waals surface area contributed by atoms with Crippen LogP contribution in [-0.2, 0) is 35.8 Å². The molecule has 0 amide bonds. The molecule has 0 fully saturated rings. The molecule has 1 aliphatic heterocycles. The van der Waals surface area contributed by atoms with E-state index >= 15 is 0 Å². The number of aromatic amines is 1. The van der Waals surface area contributed by atoms with Crippen molar-refractivity contribution in [3.05, 3.63) is 71.6 Å². The molecular formula is C21H19F6N5O5. The number of nitrogens with one attached hydrogen (secondary N) is 1. The van der Waals surface area contributed by atoms with Crippen molar-refractivity contribution in [2.75, 3.05) is 0 Å². The smallest absolute Gasteiger partial charge is 0.486 e. The van der Waals surface area contributed by atoms with Crippen LogP contribution in [0.15, 0.2) is 48.9 Å². The van der Waals surface area contributed by atoms with E-state index in [1.807, 2.05) is 30.5 Å². The Bertz CT molecular complexity index is 1130. The van der Waals surface area contributed by atoms with Gasteiger partial charge in [-0.3, -0.25) is 20.0 Å². The molecule has 0 atom stereocenters. The number of alkyl halides is 6. The van der Waals surface area contributed by atoms with E-state index in [4.69, 9.17) is 24.5 Å². The Labute approximate surface area is 204 Å². The van der Waals surface area contributed by atoms with Gasteiger partial charge < -0.3 is 14.9 Å². The van der Waals surface area contributed by atoms with Crippen molar-refractivity contribution < 1.29 is 50.9 Å². The Hall–Kier alpha value is -4.21. The summed E-state index contributed by atoms with van der Waals surface area (Å²) >= 11 is 0. The highest BCUT2D eigenvalue weighted by molar-refractivity contribution is 5.73. The van der Waals surface area contributed by atoms with Crippen LogP contribution in [0.3, 0.4) is 0 Å². The second-order valence-electron chi connectivity index (χ2n) is 7.18. The molecule has 4 heterocycles. The summed E-state index contributed by atoms with van der Waals surface area (Å²) in [6, 6.07) is 9.77.